The fraction of sp³-hybridized carbons (Fsp3) is 0.432. The molecular formula is C44H52N6O10. The van der Waals surface area contributed by atoms with E-state index in [9.17, 15) is 33.9 Å². The number of benzene rings is 2. The van der Waals surface area contributed by atoms with Gasteiger partial charge in [0.25, 0.3) is 5.56 Å². The van der Waals surface area contributed by atoms with Gasteiger partial charge in [0, 0.05) is 28.1 Å². The summed E-state index contributed by atoms with van der Waals surface area (Å²) in [6.07, 6.45) is 1.06. The predicted molar refractivity (Wildman–Crippen MR) is 222 cm³/mol. The van der Waals surface area contributed by atoms with Crippen LogP contribution < -0.4 is 21.9 Å². The van der Waals surface area contributed by atoms with Gasteiger partial charge in [-0.05, 0) is 93.2 Å². The van der Waals surface area contributed by atoms with Gasteiger partial charge in [-0.3, -0.25) is 24.1 Å². The van der Waals surface area contributed by atoms with E-state index >= 15 is 0 Å². The first-order valence-corrected chi connectivity index (χ1v) is 20.2. The van der Waals surface area contributed by atoms with E-state index in [1.165, 1.54) is 0 Å². The zero-order chi connectivity index (χ0) is 43.3. The van der Waals surface area contributed by atoms with E-state index in [4.69, 9.17) is 24.9 Å². The molecule has 60 heavy (non-hydrogen) atoms. The predicted octanol–water partition coefficient (Wildman–Crippen LogP) is 4.42. The molecule has 2 atom stereocenters. The highest BCUT2D eigenvalue weighted by molar-refractivity contribution is 5.97. The summed E-state index contributed by atoms with van der Waals surface area (Å²) < 4.78 is 18.3. The van der Waals surface area contributed by atoms with Crippen LogP contribution in [-0.4, -0.2) is 82.0 Å². The lowest BCUT2D eigenvalue weighted by Crippen LogP contribution is -2.47. The lowest BCUT2D eigenvalue weighted by molar-refractivity contribution is -0.175. The summed E-state index contributed by atoms with van der Waals surface area (Å²) >= 11 is 0. The zero-order valence-electron chi connectivity index (χ0n) is 34.6. The SMILES string of the molecule is CCc1c2c(nc3ccc(O)cc13)-c1cc3c(c(=O)n1C2)COC(=O)[C@@]3(CC)OC(=O)OCc1ccc(NC(=O)[C@H](CCCCN)NC(=O)CN(C)CC(=O)C(C)C)cc1. The number of esters is 1. The molecule has 0 spiro atoms. The minimum Gasteiger partial charge on any atom is -0.508 e. The summed E-state index contributed by atoms with van der Waals surface area (Å²) in [5.41, 5.74) is 8.12. The van der Waals surface area contributed by atoms with E-state index < -0.39 is 41.1 Å². The number of carbonyl (C=O) groups is 5. The fourth-order valence-corrected chi connectivity index (χ4v) is 7.69. The average Bonchev–Trinajstić information content (AvgIpc) is 3.58. The molecule has 4 aromatic rings. The number of unbranched alkanes of at least 4 members (excludes halogenated alkanes) is 1. The van der Waals surface area contributed by atoms with Gasteiger partial charge in [-0.2, -0.15) is 0 Å². The Bertz CT molecular complexity index is 2380. The Labute approximate surface area is 347 Å². The topological polar surface area (TPSA) is 221 Å². The van der Waals surface area contributed by atoms with Crippen LogP contribution in [0.4, 0.5) is 10.5 Å². The molecule has 0 radical (unpaired) electrons. The number of amides is 2. The number of hydrogen-bond acceptors (Lipinski definition) is 13. The molecule has 16 nitrogen and oxygen atoms in total. The number of aromatic hydroxyl groups is 1. The molecule has 4 heterocycles. The summed E-state index contributed by atoms with van der Waals surface area (Å²) in [5.74, 6) is -1.70. The minimum absolute atomic E-state index is 0.00680. The van der Waals surface area contributed by atoms with Crippen molar-refractivity contribution in [1.82, 2.24) is 19.8 Å². The van der Waals surface area contributed by atoms with Crippen LogP contribution >= 0.6 is 0 Å². The highest BCUT2D eigenvalue weighted by Gasteiger charge is 2.51. The molecule has 16 heteroatoms. The van der Waals surface area contributed by atoms with Gasteiger partial charge in [0.1, 0.15) is 30.8 Å². The van der Waals surface area contributed by atoms with Crippen LogP contribution in [-0.2, 0) is 65.2 Å². The highest BCUT2D eigenvalue weighted by atomic mass is 16.7. The van der Waals surface area contributed by atoms with Crippen LogP contribution in [0.2, 0.25) is 0 Å². The maximum atomic E-state index is 14.0. The molecule has 0 saturated heterocycles. The third-order valence-corrected chi connectivity index (χ3v) is 11.0. The summed E-state index contributed by atoms with van der Waals surface area (Å²) in [4.78, 5) is 85.6. The molecule has 6 rings (SSSR count). The van der Waals surface area contributed by atoms with Crippen molar-refractivity contribution in [1.29, 1.82) is 0 Å². The van der Waals surface area contributed by atoms with Crippen LogP contribution in [0, 0.1) is 5.92 Å². The second kappa shape index (κ2) is 18.4. The molecule has 2 aromatic carbocycles. The molecular weight excluding hydrogens is 773 g/mol. The highest BCUT2D eigenvalue weighted by Crippen LogP contribution is 2.42. The number of cyclic esters (lactones) is 1. The Kier molecular flexibility index (Phi) is 13.3. The van der Waals surface area contributed by atoms with E-state index in [-0.39, 0.29) is 67.8 Å². The van der Waals surface area contributed by atoms with Crippen molar-refractivity contribution in [3.8, 4) is 17.1 Å². The largest absolute Gasteiger partial charge is 0.510 e. The Morgan fingerprint density at radius 3 is 2.47 bits per heavy atom. The summed E-state index contributed by atoms with van der Waals surface area (Å²) in [7, 11) is 1.67. The van der Waals surface area contributed by atoms with Crippen molar-refractivity contribution >= 4 is 46.3 Å². The van der Waals surface area contributed by atoms with Crippen LogP contribution in [0.1, 0.15) is 81.2 Å². The summed E-state index contributed by atoms with van der Waals surface area (Å²) in [6, 6.07) is 12.3. The second-order valence-electron chi connectivity index (χ2n) is 15.6. The molecule has 2 aliphatic rings. The molecule has 5 N–H and O–H groups in total. The number of aryl methyl sites for hydroxylation is 1. The molecule has 318 valence electrons. The number of phenols is 1. The van der Waals surface area contributed by atoms with Crippen LogP contribution in [0.3, 0.4) is 0 Å². The normalized spacial score (nSPS) is 15.8. The van der Waals surface area contributed by atoms with Crippen molar-refractivity contribution in [2.24, 2.45) is 11.7 Å². The lowest BCUT2D eigenvalue weighted by atomic mass is 9.85. The molecule has 0 fully saturated rings. The summed E-state index contributed by atoms with van der Waals surface area (Å²) in [5, 5.41) is 16.6. The third-order valence-electron chi connectivity index (χ3n) is 11.0. The number of Topliss-reactive ketones (excluding diaryl/α,β-unsaturated/α-hetero) is 1. The van der Waals surface area contributed by atoms with Gasteiger partial charge in [-0.25, -0.2) is 14.6 Å². The summed E-state index contributed by atoms with van der Waals surface area (Å²) in [6.45, 7) is 7.43. The number of ketones is 1. The molecule has 0 saturated carbocycles. The van der Waals surface area contributed by atoms with Crippen molar-refractivity contribution in [3.63, 3.8) is 0 Å². The van der Waals surface area contributed by atoms with Gasteiger partial charge < -0.3 is 40.3 Å². The number of fused-ring (bicyclic) bond motifs is 5. The second-order valence-corrected chi connectivity index (χ2v) is 15.6. The number of hydrogen-bond donors (Lipinski definition) is 4. The molecule has 0 aliphatic carbocycles. The first kappa shape index (κ1) is 43.4. The molecule has 2 aliphatic heterocycles. The number of carbonyl (C=O) groups excluding carboxylic acids is 5. The molecule has 2 amide bonds. The van der Waals surface area contributed by atoms with Crippen LogP contribution in [0.25, 0.3) is 22.3 Å². The Morgan fingerprint density at radius 2 is 1.78 bits per heavy atom. The Balaban J connectivity index is 1.13. The van der Waals surface area contributed by atoms with E-state index in [2.05, 4.69) is 10.6 Å². The van der Waals surface area contributed by atoms with Gasteiger partial charge >= 0.3 is 12.1 Å². The number of pyridine rings is 2. The Morgan fingerprint density at radius 1 is 1.03 bits per heavy atom. The third kappa shape index (κ3) is 9.04. The zero-order valence-corrected chi connectivity index (χ0v) is 34.6. The average molecular weight is 825 g/mol. The van der Waals surface area contributed by atoms with Crippen molar-refractivity contribution in [2.75, 3.05) is 32.0 Å². The number of nitrogens with zero attached hydrogens (tertiary/aromatic N) is 3. The maximum absolute atomic E-state index is 14.0. The van der Waals surface area contributed by atoms with Crippen LogP contribution in [0.5, 0.6) is 5.75 Å². The lowest BCUT2D eigenvalue weighted by Gasteiger charge is -2.35. The number of rotatable bonds is 17. The van der Waals surface area contributed by atoms with Gasteiger partial charge in [-0.1, -0.05) is 39.8 Å². The number of likely N-dealkylation sites (N-methyl/N-ethyl adjacent to an activating group) is 1. The van der Waals surface area contributed by atoms with Gasteiger partial charge in [0.2, 0.25) is 17.4 Å². The smallest absolute Gasteiger partial charge is 0.508 e. The number of nitrogens with two attached hydrogens (primary N) is 1. The van der Waals surface area contributed by atoms with Crippen molar-refractivity contribution in [3.05, 3.63) is 86.7 Å². The van der Waals surface area contributed by atoms with Gasteiger partial charge in [0.15, 0.2) is 0 Å². The van der Waals surface area contributed by atoms with Gasteiger partial charge in [0.05, 0.1) is 42.1 Å². The standard InChI is InChI=1S/C44H52N6O10/c1-6-29-30-18-28(51)15-16-34(30)48-39-31(29)20-50-36(39)19-33-32(41(50)55)24-58-42(56)44(33,7-2)60-43(57)59-23-26-11-13-27(14-12-26)46-40(54)35(10-8-9-17-45)47-38(53)22-49(5)21-37(52)25(3)4/h11-16,18-19,25,35,51H,6-10,17,20-24,45H2,1-5H3,(H,46,54)(H,47,53)/t35-,44-/m0/s1. The van der Waals surface area contributed by atoms with Gasteiger partial charge in [-0.15, -0.1) is 0 Å². The van der Waals surface area contributed by atoms with E-state index in [0.717, 1.165) is 16.5 Å². The molecule has 0 unspecified atom stereocenters. The number of anilines is 1. The quantitative estimate of drug-likeness (QED) is 0.0755. The number of aromatic nitrogens is 2. The number of ether oxygens (including phenoxy) is 3. The maximum Gasteiger partial charge on any atom is 0.510 e. The number of phenolic OH excluding ortho intramolecular Hbond substituents is 1. The van der Waals surface area contributed by atoms with Crippen molar-refractivity contribution in [2.45, 2.75) is 91.2 Å². The number of nitrogens with one attached hydrogen (secondary N) is 2. The van der Waals surface area contributed by atoms with Crippen molar-refractivity contribution < 1.29 is 43.3 Å². The van der Waals surface area contributed by atoms with Crippen LogP contribution in [0.15, 0.2) is 53.3 Å². The Hall–Kier alpha value is -6.13. The first-order valence-electron chi connectivity index (χ1n) is 20.2. The molecule has 0 bridgehead atoms. The fourth-order valence-electron chi connectivity index (χ4n) is 7.69. The minimum atomic E-state index is -1.97. The first-order chi connectivity index (χ1) is 28.7. The van der Waals surface area contributed by atoms with E-state index in [1.54, 1.807) is 85.8 Å². The molecule has 2 aromatic heterocycles. The van der Waals surface area contributed by atoms with E-state index in [0.29, 0.717) is 60.4 Å². The monoisotopic (exact) mass is 824 g/mol. The van der Waals surface area contributed by atoms with E-state index in [1.807, 2.05) is 6.92 Å².